The molecule has 0 spiro atoms. The van der Waals surface area contributed by atoms with Crippen LogP contribution in [-0.4, -0.2) is 98.5 Å². The Labute approximate surface area is 270 Å². The summed E-state index contributed by atoms with van der Waals surface area (Å²) in [6.45, 7) is 6.29. The second-order valence-electron chi connectivity index (χ2n) is 11.9. The lowest BCUT2D eigenvalue weighted by molar-refractivity contribution is 0.0548. The van der Waals surface area contributed by atoms with Crippen molar-refractivity contribution >= 4 is 76.4 Å². The fourth-order valence-corrected chi connectivity index (χ4v) is 10.5. The highest BCUT2D eigenvalue weighted by molar-refractivity contribution is 7.91. The van der Waals surface area contributed by atoms with E-state index in [2.05, 4.69) is 9.88 Å². The number of carbonyl (C=O) groups excluding carboxylic acids is 2. The van der Waals surface area contributed by atoms with Crippen molar-refractivity contribution in [3.8, 4) is 0 Å². The second-order valence-corrected chi connectivity index (χ2v) is 18.5. The zero-order valence-corrected chi connectivity index (χ0v) is 28.7. The summed E-state index contributed by atoms with van der Waals surface area (Å²) in [4.78, 5) is 35.2. The second kappa shape index (κ2) is 12.5. The number of carbonyl (C=O) groups is 2. The summed E-state index contributed by atoms with van der Waals surface area (Å²) in [5, 5.41) is 1.52. The molecule has 1 fully saturated rings. The minimum Gasteiger partial charge on any atom is -0.443 e. The normalized spacial score (nSPS) is 18.8. The number of piperazine rings is 1. The number of thiazole rings is 1. The Kier molecular flexibility index (Phi) is 9.35. The number of benzene rings is 1. The van der Waals surface area contributed by atoms with E-state index >= 15 is 0 Å². The first kappa shape index (κ1) is 33.0. The topological polar surface area (TPSA) is 146 Å². The SMILES string of the molecule is CN1CCc2nc(C(=O)N3CCN(S(=O)(=O)c4cc5ccc(Cl)cc5s4)CC3CCS(=O)(=O)NC(=O)OC(C)(C)C)sc2C1. The minimum atomic E-state index is -4.16. The lowest BCUT2D eigenvalue weighted by atomic mass is 10.1. The maximum Gasteiger partial charge on any atom is 0.421 e. The molecule has 17 heteroatoms. The van der Waals surface area contributed by atoms with Crippen molar-refractivity contribution in [1.29, 1.82) is 0 Å². The summed E-state index contributed by atoms with van der Waals surface area (Å²) in [6.07, 6.45) is -0.507. The van der Waals surface area contributed by atoms with Crippen LogP contribution in [-0.2, 0) is 37.7 Å². The molecule has 0 radical (unpaired) electrons. The summed E-state index contributed by atoms with van der Waals surface area (Å²) in [5.74, 6) is -0.905. The zero-order chi connectivity index (χ0) is 32.0. The van der Waals surface area contributed by atoms with Crippen LogP contribution in [0.1, 0.15) is 47.6 Å². The largest absolute Gasteiger partial charge is 0.443 e. The number of aromatic nitrogens is 1. The standard InChI is InChI=1S/C27H34ClN5O7S4/c1-27(2,3)40-26(35)30-43(36,37)12-8-19-15-32(44(38,39)23-13-17-5-6-18(28)14-21(17)41-23)10-11-33(19)25(34)24-29-20-7-9-31(4)16-22(20)42-24/h5-6,13-14,19H,7-12,15-16H2,1-4H3,(H,30,35). The number of ether oxygens (including phenoxy) is 1. The molecule has 2 aromatic heterocycles. The first-order valence-electron chi connectivity index (χ1n) is 13.9. The van der Waals surface area contributed by atoms with Crippen LogP contribution in [0.25, 0.3) is 10.1 Å². The molecule has 1 unspecified atom stereocenters. The van der Waals surface area contributed by atoms with Crippen LogP contribution in [0.2, 0.25) is 5.02 Å². The van der Waals surface area contributed by atoms with Crippen molar-refractivity contribution in [3.05, 3.63) is 44.9 Å². The lowest BCUT2D eigenvalue weighted by Crippen LogP contribution is -2.57. The molecular weight excluding hydrogens is 670 g/mol. The molecule has 4 heterocycles. The number of hydrogen-bond acceptors (Lipinski definition) is 11. The predicted octanol–water partition coefficient (Wildman–Crippen LogP) is 3.76. The van der Waals surface area contributed by atoms with Gasteiger partial charge in [-0.3, -0.25) is 4.79 Å². The third-order valence-corrected chi connectivity index (χ3v) is 13.2. The monoisotopic (exact) mass is 703 g/mol. The number of likely N-dealkylation sites (N-methyl/N-ethyl adjacent to an activating group) is 1. The van der Waals surface area contributed by atoms with Crippen LogP contribution in [0, 0.1) is 0 Å². The molecule has 12 nitrogen and oxygen atoms in total. The predicted molar refractivity (Wildman–Crippen MR) is 170 cm³/mol. The van der Waals surface area contributed by atoms with E-state index in [1.807, 2.05) is 11.8 Å². The third kappa shape index (κ3) is 7.54. The maximum atomic E-state index is 13.8. The van der Waals surface area contributed by atoms with Gasteiger partial charge in [-0.25, -0.2) is 31.3 Å². The van der Waals surface area contributed by atoms with E-state index in [-0.39, 0.29) is 36.2 Å². The fraction of sp³-hybridized carbons (Fsp3) is 0.519. The Morgan fingerprint density at radius 2 is 1.86 bits per heavy atom. The Hall–Kier alpha value is -2.34. The van der Waals surface area contributed by atoms with Gasteiger partial charge in [-0.15, -0.1) is 22.7 Å². The number of nitrogens with one attached hydrogen (secondary N) is 1. The number of nitrogens with zero attached hydrogens (tertiary/aromatic N) is 4. The highest BCUT2D eigenvalue weighted by Gasteiger charge is 2.39. The Balaban J connectivity index is 1.39. The molecule has 1 N–H and O–H groups in total. The number of halogens is 1. The average Bonchev–Trinajstić information content (AvgIpc) is 3.54. The molecule has 3 aromatic rings. The molecule has 1 aromatic carbocycles. The molecule has 0 aliphatic carbocycles. The Bertz CT molecular complexity index is 1800. The number of amides is 2. The molecule has 1 atom stereocenters. The molecule has 2 amide bonds. The van der Waals surface area contributed by atoms with Gasteiger partial charge in [-0.05, 0) is 57.8 Å². The summed E-state index contributed by atoms with van der Waals surface area (Å²) in [6, 6.07) is 5.93. The van der Waals surface area contributed by atoms with Crippen molar-refractivity contribution in [2.24, 2.45) is 0 Å². The van der Waals surface area contributed by atoms with Gasteiger partial charge in [0, 0.05) is 59.8 Å². The van der Waals surface area contributed by atoms with Crippen LogP contribution in [0.15, 0.2) is 28.5 Å². The molecule has 0 saturated carbocycles. The third-order valence-electron chi connectivity index (χ3n) is 7.22. The van der Waals surface area contributed by atoms with Crippen molar-refractivity contribution in [1.82, 2.24) is 23.8 Å². The van der Waals surface area contributed by atoms with Gasteiger partial charge in [0.1, 0.15) is 9.81 Å². The summed E-state index contributed by atoms with van der Waals surface area (Å²) in [5.41, 5.74) is -0.0241. The van der Waals surface area contributed by atoms with Gasteiger partial charge in [0.25, 0.3) is 15.9 Å². The first-order valence-corrected chi connectivity index (χ1v) is 19.0. The quantitative estimate of drug-likeness (QED) is 0.389. The van der Waals surface area contributed by atoms with Crippen LogP contribution < -0.4 is 4.72 Å². The van der Waals surface area contributed by atoms with Crippen LogP contribution >= 0.6 is 34.3 Å². The van der Waals surface area contributed by atoms with Crippen molar-refractivity contribution in [3.63, 3.8) is 0 Å². The lowest BCUT2D eigenvalue weighted by Gasteiger charge is -2.40. The molecular formula is C27H34ClN5O7S4. The zero-order valence-electron chi connectivity index (χ0n) is 24.7. The summed E-state index contributed by atoms with van der Waals surface area (Å²) in [7, 11) is -6.14. The van der Waals surface area contributed by atoms with Crippen molar-refractivity contribution in [2.45, 2.75) is 56.0 Å². The highest BCUT2D eigenvalue weighted by Crippen LogP contribution is 2.34. The van der Waals surface area contributed by atoms with E-state index in [9.17, 15) is 26.4 Å². The van der Waals surface area contributed by atoms with Gasteiger partial charge in [0.15, 0.2) is 5.01 Å². The van der Waals surface area contributed by atoms with Gasteiger partial charge in [-0.1, -0.05) is 17.7 Å². The molecule has 44 heavy (non-hydrogen) atoms. The number of rotatable bonds is 7. The average molecular weight is 704 g/mol. The number of fused-ring (bicyclic) bond motifs is 2. The molecule has 240 valence electrons. The fourth-order valence-electron chi connectivity index (χ4n) is 5.10. The summed E-state index contributed by atoms with van der Waals surface area (Å²) < 4.78 is 62.3. The first-order chi connectivity index (χ1) is 20.5. The van der Waals surface area contributed by atoms with E-state index in [1.54, 1.807) is 45.0 Å². The van der Waals surface area contributed by atoms with Crippen LogP contribution in [0.5, 0.6) is 0 Å². The van der Waals surface area contributed by atoms with Gasteiger partial charge in [-0.2, -0.15) is 4.31 Å². The van der Waals surface area contributed by atoms with Crippen molar-refractivity contribution < 1.29 is 31.2 Å². The molecule has 1 saturated heterocycles. The molecule has 5 rings (SSSR count). The molecule has 2 aliphatic heterocycles. The van der Waals surface area contributed by atoms with E-state index in [4.69, 9.17) is 16.3 Å². The van der Waals surface area contributed by atoms with E-state index < -0.39 is 43.5 Å². The van der Waals surface area contributed by atoms with Crippen LogP contribution in [0.4, 0.5) is 4.79 Å². The van der Waals surface area contributed by atoms with Crippen LogP contribution in [0.3, 0.4) is 0 Å². The Morgan fingerprint density at radius 3 is 2.59 bits per heavy atom. The molecule has 2 aliphatic rings. The summed E-state index contributed by atoms with van der Waals surface area (Å²) >= 11 is 8.51. The smallest absolute Gasteiger partial charge is 0.421 e. The number of thiophene rings is 1. The van der Waals surface area contributed by atoms with Gasteiger partial charge < -0.3 is 14.5 Å². The Morgan fingerprint density at radius 1 is 1.11 bits per heavy atom. The van der Waals surface area contributed by atoms with E-state index in [0.29, 0.717) is 16.6 Å². The van der Waals surface area contributed by atoms with Gasteiger partial charge in [0.2, 0.25) is 10.0 Å². The maximum absolute atomic E-state index is 13.8. The van der Waals surface area contributed by atoms with Gasteiger partial charge >= 0.3 is 6.09 Å². The number of sulfonamides is 2. The van der Waals surface area contributed by atoms with Gasteiger partial charge in [0.05, 0.1) is 11.4 Å². The highest BCUT2D eigenvalue weighted by atomic mass is 35.5. The molecule has 0 bridgehead atoms. The van der Waals surface area contributed by atoms with E-state index in [0.717, 1.165) is 45.0 Å². The van der Waals surface area contributed by atoms with Crippen molar-refractivity contribution in [2.75, 3.05) is 39.0 Å². The number of hydrogen-bond donors (Lipinski definition) is 1. The van der Waals surface area contributed by atoms with E-state index in [1.165, 1.54) is 20.5 Å². The minimum absolute atomic E-state index is 0.0241.